The SMILES string of the molecule is CCSCC(C)NC1CC(c2cccc(C)c2)C1. The average molecular weight is 263 g/mol. The summed E-state index contributed by atoms with van der Waals surface area (Å²) < 4.78 is 0. The second-order valence-corrected chi connectivity index (χ2v) is 6.83. The molecule has 0 amide bonds. The van der Waals surface area contributed by atoms with Crippen molar-refractivity contribution in [3.63, 3.8) is 0 Å². The van der Waals surface area contributed by atoms with Gasteiger partial charge in [-0.2, -0.15) is 11.8 Å². The van der Waals surface area contributed by atoms with Gasteiger partial charge in [0, 0.05) is 17.8 Å². The van der Waals surface area contributed by atoms with Gasteiger partial charge in [0.25, 0.3) is 0 Å². The van der Waals surface area contributed by atoms with Crippen LogP contribution in [-0.4, -0.2) is 23.6 Å². The Hall–Kier alpha value is -0.470. The fourth-order valence-electron chi connectivity index (χ4n) is 2.70. The Bertz CT molecular complexity index is 371. The summed E-state index contributed by atoms with van der Waals surface area (Å²) in [6.45, 7) is 6.72. The lowest BCUT2D eigenvalue weighted by atomic mass is 9.75. The molecule has 0 bridgehead atoms. The highest BCUT2D eigenvalue weighted by Crippen LogP contribution is 2.37. The van der Waals surface area contributed by atoms with Gasteiger partial charge < -0.3 is 5.32 Å². The van der Waals surface area contributed by atoms with Gasteiger partial charge in [0.15, 0.2) is 0 Å². The van der Waals surface area contributed by atoms with Crippen molar-refractivity contribution in [2.45, 2.75) is 51.6 Å². The highest BCUT2D eigenvalue weighted by molar-refractivity contribution is 7.99. The largest absolute Gasteiger partial charge is 0.311 e. The van der Waals surface area contributed by atoms with Crippen molar-refractivity contribution in [3.05, 3.63) is 35.4 Å². The van der Waals surface area contributed by atoms with E-state index in [2.05, 4.69) is 50.4 Å². The molecule has 1 aromatic rings. The Morgan fingerprint density at radius 1 is 1.39 bits per heavy atom. The van der Waals surface area contributed by atoms with E-state index in [4.69, 9.17) is 0 Å². The number of thioether (sulfide) groups is 1. The lowest BCUT2D eigenvalue weighted by Crippen LogP contribution is -2.45. The first-order valence-corrected chi connectivity index (χ1v) is 8.25. The second-order valence-electron chi connectivity index (χ2n) is 5.51. The van der Waals surface area contributed by atoms with Crippen LogP contribution in [0.4, 0.5) is 0 Å². The van der Waals surface area contributed by atoms with Crippen LogP contribution in [0, 0.1) is 6.92 Å². The van der Waals surface area contributed by atoms with Gasteiger partial charge in [-0.3, -0.25) is 0 Å². The summed E-state index contributed by atoms with van der Waals surface area (Å²) in [6.07, 6.45) is 2.62. The summed E-state index contributed by atoms with van der Waals surface area (Å²) in [6, 6.07) is 10.4. The van der Waals surface area contributed by atoms with Gasteiger partial charge in [-0.15, -0.1) is 0 Å². The van der Waals surface area contributed by atoms with Crippen molar-refractivity contribution in [2.24, 2.45) is 0 Å². The lowest BCUT2D eigenvalue weighted by Gasteiger charge is -2.38. The number of hydrogen-bond acceptors (Lipinski definition) is 2. The summed E-state index contributed by atoms with van der Waals surface area (Å²) in [5.74, 6) is 3.25. The third kappa shape index (κ3) is 3.76. The Labute approximate surface area is 116 Å². The van der Waals surface area contributed by atoms with Crippen molar-refractivity contribution in [1.29, 1.82) is 0 Å². The first kappa shape index (κ1) is 14.0. The maximum absolute atomic E-state index is 3.74. The molecule has 1 aliphatic rings. The van der Waals surface area contributed by atoms with Crippen LogP contribution in [0.5, 0.6) is 0 Å². The summed E-state index contributed by atoms with van der Waals surface area (Å²) in [4.78, 5) is 0. The van der Waals surface area contributed by atoms with Crippen LogP contribution >= 0.6 is 11.8 Å². The highest BCUT2D eigenvalue weighted by Gasteiger charge is 2.30. The van der Waals surface area contributed by atoms with Gasteiger partial charge in [0.2, 0.25) is 0 Å². The minimum atomic E-state index is 0.651. The Morgan fingerprint density at radius 3 is 2.83 bits per heavy atom. The first-order chi connectivity index (χ1) is 8.69. The average Bonchev–Trinajstić information content (AvgIpc) is 2.30. The van der Waals surface area contributed by atoms with E-state index in [1.165, 1.54) is 35.5 Å². The van der Waals surface area contributed by atoms with Crippen molar-refractivity contribution < 1.29 is 0 Å². The zero-order valence-electron chi connectivity index (χ0n) is 11.8. The van der Waals surface area contributed by atoms with Gasteiger partial charge in [0.05, 0.1) is 0 Å². The summed E-state index contributed by atoms with van der Waals surface area (Å²) in [7, 11) is 0. The Balaban J connectivity index is 1.73. The maximum atomic E-state index is 3.74. The topological polar surface area (TPSA) is 12.0 Å². The molecule has 1 N–H and O–H groups in total. The minimum Gasteiger partial charge on any atom is -0.311 e. The fourth-order valence-corrected chi connectivity index (χ4v) is 3.38. The zero-order chi connectivity index (χ0) is 13.0. The molecule has 1 aromatic carbocycles. The van der Waals surface area contributed by atoms with E-state index in [9.17, 15) is 0 Å². The Morgan fingerprint density at radius 2 is 2.17 bits per heavy atom. The van der Waals surface area contributed by atoms with Gasteiger partial charge in [-0.25, -0.2) is 0 Å². The Kier molecular flexibility index (Phi) is 5.13. The van der Waals surface area contributed by atoms with E-state index in [0.29, 0.717) is 6.04 Å². The second kappa shape index (κ2) is 6.63. The molecule has 0 heterocycles. The molecule has 18 heavy (non-hydrogen) atoms. The number of nitrogens with one attached hydrogen (secondary N) is 1. The monoisotopic (exact) mass is 263 g/mol. The lowest BCUT2D eigenvalue weighted by molar-refractivity contribution is 0.276. The molecule has 1 aliphatic carbocycles. The molecule has 0 radical (unpaired) electrons. The van der Waals surface area contributed by atoms with Crippen molar-refractivity contribution in [2.75, 3.05) is 11.5 Å². The molecule has 0 spiro atoms. The van der Waals surface area contributed by atoms with Crippen molar-refractivity contribution in [1.82, 2.24) is 5.32 Å². The van der Waals surface area contributed by atoms with Crippen molar-refractivity contribution >= 4 is 11.8 Å². The van der Waals surface area contributed by atoms with Gasteiger partial charge >= 0.3 is 0 Å². The predicted octanol–water partition coefficient (Wildman–Crippen LogP) is 3.97. The van der Waals surface area contributed by atoms with E-state index in [-0.39, 0.29) is 0 Å². The van der Waals surface area contributed by atoms with E-state index in [0.717, 1.165) is 12.0 Å². The van der Waals surface area contributed by atoms with E-state index in [1.807, 2.05) is 11.8 Å². The molecular formula is C16H25NS. The molecule has 1 fully saturated rings. The van der Waals surface area contributed by atoms with Gasteiger partial charge in [0.1, 0.15) is 0 Å². The van der Waals surface area contributed by atoms with Crippen molar-refractivity contribution in [3.8, 4) is 0 Å². The third-order valence-electron chi connectivity index (χ3n) is 3.74. The molecule has 1 unspecified atom stereocenters. The van der Waals surface area contributed by atoms with Crippen LogP contribution in [-0.2, 0) is 0 Å². The van der Waals surface area contributed by atoms with Gasteiger partial charge in [-0.1, -0.05) is 36.8 Å². The normalized spacial score (nSPS) is 24.6. The standard InChI is InChI=1S/C16H25NS/c1-4-18-11-13(3)17-16-9-15(10-16)14-7-5-6-12(2)8-14/h5-8,13,15-17H,4,9-11H2,1-3H3. The molecule has 2 rings (SSSR count). The number of rotatable bonds is 6. The number of hydrogen-bond donors (Lipinski definition) is 1. The smallest absolute Gasteiger partial charge is 0.0132 e. The van der Waals surface area contributed by atoms with Crippen LogP contribution in [0.1, 0.15) is 43.7 Å². The molecular weight excluding hydrogens is 238 g/mol. The molecule has 0 saturated heterocycles. The molecule has 1 atom stereocenters. The third-order valence-corrected chi connectivity index (χ3v) is 4.89. The predicted molar refractivity (Wildman–Crippen MR) is 82.5 cm³/mol. The fraction of sp³-hybridized carbons (Fsp3) is 0.625. The minimum absolute atomic E-state index is 0.651. The van der Waals surface area contributed by atoms with E-state index >= 15 is 0 Å². The molecule has 1 nitrogen and oxygen atoms in total. The highest BCUT2D eigenvalue weighted by atomic mass is 32.2. The molecule has 0 aliphatic heterocycles. The molecule has 2 heteroatoms. The van der Waals surface area contributed by atoms with Crippen LogP contribution in [0.3, 0.4) is 0 Å². The van der Waals surface area contributed by atoms with Crippen LogP contribution < -0.4 is 5.32 Å². The van der Waals surface area contributed by atoms with E-state index < -0.39 is 0 Å². The van der Waals surface area contributed by atoms with E-state index in [1.54, 1.807) is 0 Å². The van der Waals surface area contributed by atoms with Crippen LogP contribution in [0.25, 0.3) is 0 Å². The molecule has 1 saturated carbocycles. The zero-order valence-corrected chi connectivity index (χ0v) is 12.6. The maximum Gasteiger partial charge on any atom is 0.0132 e. The summed E-state index contributed by atoms with van der Waals surface area (Å²) in [5, 5.41) is 3.74. The number of benzene rings is 1. The van der Waals surface area contributed by atoms with Crippen LogP contribution in [0.2, 0.25) is 0 Å². The molecule has 100 valence electrons. The van der Waals surface area contributed by atoms with Crippen LogP contribution in [0.15, 0.2) is 24.3 Å². The summed E-state index contributed by atoms with van der Waals surface area (Å²) >= 11 is 2.03. The quantitative estimate of drug-likeness (QED) is 0.833. The number of aryl methyl sites for hydroxylation is 1. The first-order valence-electron chi connectivity index (χ1n) is 7.09. The molecule has 0 aromatic heterocycles. The van der Waals surface area contributed by atoms with Gasteiger partial charge in [-0.05, 0) is 43.9 Å². The summed E-state index contributed by atoms with van der Waals surface area (Å²) in [5.41, 5.74) is 2.92.